The molecule has 0 radical (unpaired) electrons. The number of ether oxygens (including phenoxy) is 1. The SMILES string of the molecule is COc1ccc(-c2nnc3n2C(N)CCC3)cc1. The van der Waals surface area contributed by atoms with Crippen molar-refractivity contribution < 1.29 is 4.74 Å². The minimum absolute atomic E-state index is 0.0131. The van der Waals surface area contributed by atoms with Crippen LogP contribution in [0.3, 0.4) is 0 Å². The second kappa shape index (κ2) is 4.42. The number of hydrogen-bond donors (Lipinski definition) is 1. The lowest BCUT2D eigenvalue weighted by atomic mass is 10.1. The number of rotatable bonds is 2. The van der Waals surface area contributed by atoms with Gasteiger partial charge in [0.2, 0.25) is 0 Å². The molecule has 18 heavy (non-hydrogen) atoms. The molecule has 5 nitrogen and oxygen atoms in total. The Balaban J connectivity index is 2.03. The van der Waals surface area contributed by atoms with Crippen molar-refractivity contribution in [2.45, 2.75) is 25.4 Å². The van der Waals surface area contributed by atoms with Gasteiger partial charge in [0.05, 0.1) is 13.3 Å². The molecule has 1 unspecified atom stereocenters. The van der Waals surface area contributed by atoms with E-state index in [4.69, 9.17) is 10.5 Å². The van der Waals surface area contributed by atoms with E-state index in [1.54, 1.807) is 7.11 Å². The Bertz CT molecular complexity index is 547. The first-order valence-electron chi connectivity index (χ1n) is 6.13. The molecule has 1 aromatic carbocycles. The smallest absolute Gasteiger partial charge is 0.165 e. The quantitative estimate of drug-likeness (QED) is 0.874. The molecule has 94 valence electrons. The molecule has 2 heterocycles. The van der Waals surface area contributed by atoms with Crippen LogP contribution in [0.25, 0.3) is 11.4 Å². The zero-order valence-corrected chi connectivity index (χ0v) is 10.3. The molecule has 0 spiro atoms. The van der Waals surface area contributed by atoms with Crippen molar-refractivity contribution in [2.75, 3.05) is 7.11 Å². The highest BCUT2D eigenvalue weighted by Crippen LogP contribution is 2.28. The molecule has 0 amide bonds. The number of hydrogen-bond acceptors (Lipinski definition) is 4. The highest BCUT2D eigenvalue weighted by molar-refractivity contribution is 5.57. The highest BCUT2D eigenvalue weighted by Gasteiger charge is 2.22. The van der Waals surface area contributed by atoms with Crippen LogP contribution in [-0.4, -0.2) is 21.9 Å². The Morgan fingerprint density at radius 1 is 1.28 bits per heavy atom. The van der Waals surface area contributed by atoms with Crippen LogP contribution in [0.15, 0.2) is 24.3 Å². The molecule has 1 aromatic heterocycles. The van der Waals surface area contributed by atoms with Gasteiger partial charge in [-0.25, -0.2) is 0 Å². The largest absolute Gasteiger partial charge is 0.497 e. The molecule has 1 aliphatic rings. The minimum atomic E-state index is -0.0131. The van der Waals surface area contributed by atoms with Gasteiger partial charge in [0.1, 0.15) is 11.6 Å². The fourth-order valence-corrected chi connectivity index (χ4v) is 2.38. The van der Waals surface area contributed by atoms with Gasteiger partial charge >= 0.3 is 0 Å². The van der Waals surface area contributed by atoms with Gasteiger partial charge in [-0.3, -0.25) is 4.57 Å². The van der Waals surface area contributed by atoms with Crippen LogP contribution in [-0.2, 0) is 6.42 Å². The Hall–Kier alpha value is -1.88. The van der Waals surface area contributed by atoms with Crippen molar-refractivity contribution in [1.29, 1.82) is 0 Å². The monoisotopic (exact) mass is 244 g/mol. The van der Waals surface area contributed by atoms with E-state index in [0.29, 0.717) is 0 Å². The summed E-state index contributed by atoms with van der Waals surface area (Å²) in [6, 6.07) is 7.81. The predicted molar refractivity (Wildman–Crippen MR) is 68.2 cm³/mol. The Kier molecular flexibility index (Phi) is 2.76. The summed E-state index contributed by atoms with van der Waals surface area (Å²) in [7, 11) is 1.66. The van der Waals surface area contributed by atoms with E-state index < -0.39 is 0 Å². The third kappa shape index (κ3) is 1.76. The van der Waals surface area contributed by atoms with E-state index in [0.717, 1.165) is 42.2 Å². The van der Waals surface area contributed by atoms with Gasteiger partial charge in [-0.1, -0.05) is 0 Å². The number of aromatic nitrogens is 3. The number of aryl methyl sites for hydroxylation is 1. The molecular formula is C13H16N4O. The topological polar surface area (TPSA) is 66.0 Å². The second-order valence-electron chi connectivity index (χ2n) is 4.50. The second-order valence-corrected chi connectivity index (χ2v) is 4.50. The molecule has 1 aliphatic heterocycles. The minimum Gasteiger partial charge on any atom is -0.497 e. The van der Waals surface area contributed by atoms with Crippen molar-refractivity contribution in [3.63, 3.8) is 0 Å². The molecule has 0 bridgehead atoms. The van der Waals surface area contributed by atoms with Crippen LogP contribution in [0.1, 0.15) is 24.8 Å². The maximum Gasteiger partial charge on any atom is 0.165 e. The molecule has 0 aliphatic carbocycles. The van der Waals surface area contributed by atoms with E-state index in [2.05, 4.69) is 10.2 Å². The van der Waals surface area contributed by atoms with Crippen LogP contribution in [0.5, 0.6) is 5.75 Å². The molecule has 0 saturated heterocycles. The lowest BCUT2D eigenvalue weighted by Crippen LogP contribution is -2.25. The van der Waals surface area contributed by atoms with Gasteiger partial charge in [-0.05, 0) is 37.1 Å². The van der Waals surface area contributed by atoms with Gasteiger partial charge in [0.15, 0.2) is 5.82 Å². The average Bonchev–Trinajstić information content (AvgIpc) is 2.84. The molecule has 5 heteroatoms. The molecule has 3 rings (SSSR count). The summed E-state index contributed by atoms with van der Waals surface area (Å²) >= 11 is 0. The standard InChI is InChI=1S/C13H16N4O/c1-18-10-7-5-9(6-8-10)13-16-15-12-4-2-3-11(14)17(12)13/h5-8,11H,2-4,14H2,1H3. The van der Waals surface area contributed by atoms with Crippen LogP contribution in [0.4, 0.5) is 0 Å². The van der Waals surface area contributed by atoms with E-state index in [9.17, 15) is 0 Å². The Morgan fingerprint density at radius 2 is 2.06 bits per heavy atom. The van der Waals surface area contributed by atoms with Crippen LogP contribution >= 0.6 is 0 Å². The average molecular weight is 244 g/mol. The summed E-state index contributed by atoms with van der Waals surface area (Å²) in [5, 5.41) is 8.49. The first-order valence-corrected chi connectivity index (χ1v) is 6.13. The van der Waals surface area contributed by atoms with Crippen molar-refractivity contribution in [1.82, 2.24) is 14.8 Å². The van der Waals surface area contributed by atoms with Crippen LogP contribution < -0.4 is 10.5 Å². The normalized spacial score (nSPS) is 18.4. The zero-order chi connectivity index (χ0) is 12.5. The van der Waals surface area contributed by atoms with E-state index in [-0.39, 0.29) is 6.17 Å². The maximum absolute atomic E-state index is 6.14. The summed E-state index contributed by atoms with van der Waals surface area (Å²) < 4.78 is 7.20. The molecule has 2 aromatic rings. The fourth-order valence-electron chi connectivity index (χ4n) is 2.38. The molecular weight excluding hydrogens is 228 g/mol. The predicted octanol–water partition coefficient (Wildman–Crippen LogP) is 1.75. The molecule has 0 fully saturated rings. The van der Waals surface area contributed by atoms with E-state index >= 15 is 0 Å². The van der Waals surface area contributed by atoms with Gasteiger partial charge in [-0.2, -0.15) is 0 Å². The number of fused-ring (bicyclic) bond motifs is 1. The summed E-state index contributed by atoms with van der Waals surface area (Å²) in [5.74, 6) is 2.67. The van der Waals surface area contributed by atoms with Crippen molar-refractivity contribution in [3.8, 4) is 17.1 Å². The van der Waals surface area contributed by atoms with Gasteiger partial charge in [-0.15, -0.1) is 10.2 Å². The maximum atomic E-state index is 6.14. The summed E-state index contributed by atoms with van der Waals surface area (Å²) in [4.78, 5) is 0. The number of methoxy groups -OCH3 is 1. The summed E-state index contributed by atoms with van der Waals surface area (Å²) in [5.41, 5.74) is 7.16. The van der Waals surface area contributed by atoms with Crippen molar-refractivity contribution in [2.24, 2.45) is 5.73 Å². The molecule has 1 atom stereocenters. The lowest BCUT2D eigenvalue weighted by Gasteiger charge is -2.22. The number of benzene rings is 1. The zero-order valence-electron chi connectivity index (χ0n) is 10.3. The van der Waals surface area contributed by atoms with Gasteiger partial charge in [0, 0.05) is 12.0 Å². The van der Waals surface area contributed by atoms with E-state index in [1.165, 1.54) is 0 Å². The summed E-state index contributed by atoms with van der Waals surface area (Å²) in [6.07, 6.45) is 3.01. The van der Waals surface area contributed by atoms with Crippen molar-refractivity contribution >= 4 is 0 Å². The summed E-state index contributed by atoms with van der Waals surface area (Å²) in [6.45, 7) is 0. The van der Waals surface area contributed by atoms with Gasteiger partial charge in [0.25, 0.3) is 0 Å². The number of nitrogens with zero attached hydrogens (tertiary/aromatic N) is 3. The molecule has 2 N–H and O–H groups in total. The third-order valence-electron chi connectivity index (χ3n) is 3.35. The first-order chi connectivity index (χ1) is 8.79. The van der Waals surface area contributed by atoms with Gasteiger partial charge < -0.3 is 10.5 Å². The highest BCUT2D eigenvalue weighted by atomic mass is 16.5. The third-order valence-corrected chi connectivity index (χ3v) is 3.35. The number of nitrogens with two attached hydrogens (primary N) is 1. The fraction of sp³-hybridized carbons (Fsp3) is 0.385. The van der Waals surface area contributed by atoms with Crippen LogP contribution in [0.2, 0.25) is 0 Å². The van der Waals surface area contributed by atoms with E-state index in [1.807, 2.05) is 28.8 Å². The Labute approximate surface area is 106 Å². The van der Waals surface area contributed by atoms with Crippen molar-refractivity contribution in [3.05, 3.63) is 30.1 Å². The molecule has 0 saturated carbocycles. The first kappa shape index (κ1) is 11.2. The lowest BCUT2D eigenvalue weighted by molar-refractivity contribution is 0.411. The van der Waals surface area contributed by atoms with Crippen LogP contribution in [0, 0.1) is 0 Å². The Morgan fingerprint density at radius 3 is 2.78 bits per heavy atom.